The summed E-state index contributed by atoms with van der Waals surface area (Å²) in [4.78, 5) is 23.0. The molecule has 3 rings (SSSR count). The molecule has 0 spiro atoms. The Morgan fingerprint density at radius 1 is 1.29 bits per heavy atom. The van der Waals surface area contributed by atoms with E-state index in [-0.39, 0.29) is 11.6 Å². The monoisotopic (exact) mass is 360 g/mol. The standard InChI is InChI=1S/C16H12N2O4S2/c1-8-5-11(12(18(20)21)6-9(8)2)13-4-3-10(22-13)7-14-15(19)17-16(23)24-14/h3-7H,1-2H3,(H,17,19,23)/b14-7+. The zero-order chi connectivity index (χ0) is 17.4. The number of rotatable bonds is 3. The van der Waals surface area contributed by atoms with E-state index in [0.717, 1.165) is 22.9 Å². The third-order valence-corrected chi connectivity index (χ3v) is 4.78. The highest BCUT2D eigenvalue weighted by atomic mass is 32.2. The molecule has 6 nitrogen and oxygen atoms in total. The Morgan fingerprint density at radius 2 is 2.00 bits per heavy atom. The van der Waals surface area contributed by atoms with Crippen LogP contribution in [0, 0.1) is 24.0 Å². The fourth-order valence-electron chi connectivity index (χ4n) is 2.27. The van der Waals surface area contributed by atoms with Gasteiger partial charge in [0.05, 0.1) is 15.4 Å². The lowest BCUT2D eigenvalue weighted by molar-refractivity contribution is -0.384. The highest BCUT2D eigenvalue weighted by molar-refractivity contribution is 8.26. The molecule has 24 heavy (non-hydrogen) atoms. The number of aryl methyl sites for hydroxylation is 2. The summed E-state index contributed by atoms with van der Waals surface area (Å²) in [5.41, 5.74) is 2.17. The summed E-state index contributed by atoms with van der Waals surface area (Å²) < 4.78 is 6.07. The largest absolute Gasteiger partial charge is 0.456 e. The summed E-state index contributed by atoms with van der Waals surface area (Å²) >= 11 is 6.08. The summed E-state index contributed by atoms with van der Waals surface area (Å²) in [5, 5.41) is 13.8. The third-order valence-electron chi connectivity index (χ3n) is 3.62. The van der Waals surface area contributed by atoms with Crippen molar-refractivity contribution in [3.05, 3.63) is 56.2 Å². The number of thioether (sulfide) groups is 1. The minimum atomic E-state index is -0.429. The molecule has 0 atom stereocenters. The Balaban J connectivity index is 2.01. The van der Waals surface area contributed by atoms with Crippen LogP contribution in [0.25, 0.3) is 17.4 Å². The Kier molecular flexibility index (Phi) is 4.25. The maximum absolute atomic E-state index is 11.7. The lowest BCUT2D eigenvalue weighted by Gasteiger charge is -2.04. The molecule has 0 aliphatic carbocycles. The number of nitrogens with zero attached hydrogens (tertiary/aromatic N) is 1. The first-order chi connectivity index (χ1) is 11.3. The van der Waals surface area contributed by atoms with Crippen molar-refractivity contribution in [1.82, 2.24) is 5.32 Å². The second-order valence-corrected chi connectivity index (χ2v) is 6.98. The fraction of sp³-hybridized carbons (Fsp3) is 0.125. The van der Waals surface area contributed by atoms with Gasteiger partial charge in [0.25, 0.3) is 11.6 Å². The highest BCUT2D eigenvalue weighted by Gasteiger charge is 2.23. The van der Waals surface area contributed by atoms with Crippen molar-refractivity contribution < 1.29 is 14.1 Å². The minimum absolute atomic E-state index is 0.0131. The van der Waals surface area contributed by atoms with E-state index in [0.29, 0.717) is 26.3 Å². The molecule has 122 valence electrons. The zero-order valence-electron chi connectivity index (χ0n) is 12.8. The molecule has 1 N–H and O–H groups in total. The molecule has 8 heteroatoms. The van der Waals surface area contributed by atoms with Crippen molar-refractivity contribution in [2.75, 3.05) is 0 Å². The average Bonchev–Trinajstić information content (AvgIpc) is 3.08. The topological polar surface area (TPSA) is 85.4 Å². The lowest BCUT2D eigenvalue weighted by atomic mass is 10.0. The highest BCUT2D eigenvalue weighted by Crippen LogP contribution is 2.34. The number of benzene rings is 1. The van der Waals surface area contributed by atoms with Gasteiger partial charge in [-0.15, -0.1) is 0 Å². The number of furan rings is 1. The predicted octanol–water partition coefficient (Wildman–Crippen LogP) is 3.96. The number of carbonyl (C=O) groups is 1. The van der Waals surface area contributed by atoms with Crippen LogP contribution in [0.5, 0.6) is 0 Å². The average molecular weight is 360 g/mol. The van der Waals surface area contributed by atoms with Crippen LogP contribution in [0.3, 0.4) is 0 Å². The number of thiocarbonyl (C=S) groups is 1. The number of nitro benzene ring substituents is 1. The molecule has 1 fully saturated rings. The second-order valence-electron chi connectivity index (χ2n) is 5.26. The van der Waals surface area contributed by atoms with E-state index in [4.69, 9.17) is 16.6 Å². The molecule has 1 aromatic heterocycles. The maximum atomic E-state index is 11.7. The van der Waals surface area contributed by atoms with Gasteiger partial charge < -0.3 is 9.73 Å². The Labute approximate surface area is 147 Å². The van der Waals surface area contributed by atoms with E-state index in [1.54, 1.807) is 24.3 Å². The van der Waals surface area contributed by atoms with Gasteiger partial charge in [0, 0.05) is 12.1 Å². The first kappa shape index (κ1) is 16.4. The van der Waals surface area contributed by atoms with E-state index < -0.39 is 4.92 Å². The molecule has 0 radical (unpaired) electrons. The molecule has 1 aliphatic rings. The second kappa shape index (κ2) is 6.21. The molecule has 2 heterocycles. The summed E-state index contributed by atoms with van der Waals surface area (Å²) in [7, 11) is 0. The van der Waals surface area contributed by atoms with Gasteiger partial charge in [-0.3, -0.25) is 14.9 Å². The van der Waals surface area contributed by atoms with E-state index in [1.165, 1.54) is 6.07 Å². The number of amides is 1. The van der Waals surface area contributed by atoms with Crippen LogP contribution in [0.4, 0.5) is 5.69 Å². The summed E-state index contributed by atoms with van der Waals surface area (Å²) in [5.74, 6) is 0.530. The van der Waals surface area contributed by atoms with E-state index >= 15 is 0 Å². The van der Waals surface area contributed by atoms with E-state index in [1.807, 2.05) is 13.8 Å². The van der Waals surface area contributed by atoms with Gasteiger partial charge in [0.15, 0.2) is 0 Å². The van der Waals surface area contributed by atoms with Crippen molar-refractivity contribution in [2.24, 2.45) is 0 Å². The molecular formula is C16H12N2O4S2. The SMILES string of the molecule is Cc1cc(-c2ccc(/C=C3/SC(=S)NC3=O)o2)c([N+](=O)[O-])cc1C. The Morgan fingerprint density at radius 3 is 2.62 bits per heavy atom. The van der Waals surface area contributed by atoms with Gasteiger partial charge in [-0.2, -0.15) is 0 Å². The first-order valence-corrected chi connectivity index (χ1v) is 8.18. The number of carbonyl (C=O) groups excluding carboxylic acids is 1. The number of nitro groups is 1. The fourth-order valence-corrected chi connectivity index (χ4v) is 3.30. The zero-order valence-corrected chi connectivity index (χ0v) is 14.4. The molecule has 0 bridgehead atoms. The summed E-state index contributed by atoms with van der Waals surface area (Å²) in [6, 6.07) is 6.58. The van der Waals surface area contributed by atoms with Gasteiger partial charge in [0.1, 0.15) is 15.8 Å². The first-order valence-electron chi connectivity index (χ1n) is 6.96. The number of hydrogen-bond donors (Lipinski definition) is 1. The van der Waals surface area contributed by atoms with Gasteiger partial charge in [-0.1, -0.05) is 24.0 Å². The maximum Gasteiger partial charge on any atom is 0.280 e. The van der Waals surface area contributed by atoms with Crippen LogP contribution < -0.4 is 5.32 Å². The van der Waals surface area contributed by atoms with Gasteiger partial charge in [-0.05, 0) is 43.2 Å². The van der Waals surface area contributed by atoms with Crippen molar-refractivity contribution in [3.8, 4) is 11.3 Å². The van der Waals surface area contributed by atoms with Crippen LogP contribution in [0.1, 0.15) is 16.9 Å². The minimum Gasteiger partial charge on any atom is -0.456 e. The quantitative estimate of drug-likeness (QED) is 0.386. The van der Waals surface area contributed by atoms with Crippen molar-refractivity contribution in [3.63, 3.8) is 0 Å². The normalized spacial score (nSPS) is 15.8. The van der Waals surface area contributed by atoms with E-state index in [2.05, 4.69) is 5.32 Å². The molecule has 1 amide bonds. The van der Waals surface area contributed by atoms with Crippen LogP contribution in [-0.4, -0.2) is 15.2 Å². The van der Waals surface area contributed by atoms with Gasteiger partial charge in [0.2, 0.25) is 0 Å². The van der Waals surface area contributed by atoms with Crippen molar-refractivity contribution in [1.29, 1.82) is 0 Å². The lowest BCUT2D eigenvalue weighted by Crippen LogP contribution is -2.17. The Hall–Kier alpha value is -2.45. The smallest absolute Gasteiger partial charge is 0.280 e. The van der Waals surface area contributed by atoms with Crippen molar-refractivity contribution >= 4 is 46.0 Å². The van der Waals surface area contributed by atoms with Crippen LogP contribution >= 0.6 is 24.0 Å². The molecule has 1 saturated heterocycles. The molecule has 0 unspecified atom stereocenters. The Bertz CT molecular complexity index is 915. The molecule has 0 saturated carbocycles. The number of hydrogen-bond acceptors (Lipinski definition) is 6. The summed E-state index contributed by atoms with van der Waals surface area (Å²) in [6.07, 6.45) is 1.57. The predicted molar refractivity (Wildman–Crippen MR) is 96.6 cm³/mol. The van der Waals surface area contributed by atoms with Gasteiger partial charge >= 0.3 is 0 Å². The van der Waals surface area contributed by atoms with Crippen LogP contribution in [0.15, 0.2) is 33.6 Å². The number of nitrogens with one attached hydrogen (secondary N) is 1. The van der Waals surface area contributed by atoms with Crippen LogP contribution in [-0.2, 0) is 4.79 Å². The molecule has 2 aromatic rings. The van der Waals surface area contributed by atoms with Crippen LogP contribution in [0.2, 0.25) is 0 Å². The molecule has 1 aromatic carbocycles. The molecular weight excluding hydrogens is 348 g/mol. The molecule has 1 aliphatic heterocycles. The summed E-state index contributed by atoms with van der Waals surface area (Å²) in [6.45, 7) is 3.71. The van der Waals surface area contributed by atoms with E-state index in [9.17, 15) is 14.9 Å². The van der Waals surface area contributed by atoms with Gasteiger partial charge in [-0.25, -0.2) is 0 Å². The third kappa shape index (κ3) is 3.10. The van der Waals surface area contributed by atoms with Crippen molar-refractivity contribution in [2.45, 2.75) is 13.8 Å².